The van der Waals surface area contributed by atoms with Crippen LogP contribution in [-0.2, 0) is 9.84 Å². The molecule has 0 saturated carbocycles. The Bertz CT molecular complexity index is 801. The molecule has 0 bridgehead atoms. The molecule has 2 aromatic rings. The Balaban J connectivity index is 1.42. The van der Waals surface area contributed by atoms with Crippen molar-refractivity contribution in [1.82, 2.24) is 14.9 Å². The standard InChI is InChI=1S/C18H25N3O2S/c22-24(23)9-5-14(6-10-24)12-21-8-2-3-15(13-21)17-11-20-18-16(17)4-1-7-19-18/h1,4,7,11,14-15H,2-3,5-6,8-10,12-13H2,(H,19,20). The van der Waals surface area contributed by atoms with Crippen LogP contribution >= 0.6 is 0 Å². The van der Waals surface area contributed by atoms with E-state index in [9.17, 15) is 8.42 Å². The summed E-state index contributed by atoms with van der Waals surface area (Å²) in [6.07, 6.45) is 8.05. The van der Waals surface area contributed by atoms with Gasteiger partial charge in [0.2, 0.25) is 0 Å². The molecule has 130 valence electrons. The van der Waals surface area contributed by atoms with Gasteiger partial charge in [-0.2, -0.15) is 0 Å². The second-order valence-electron chi connectivity index (χ2n) is 7.34. The maximum absolute atomic E-state index is 11.6. The Morgan fingerprint density at radius 3 is 2.92 bits per heavy atom. The van der Waals surface area contributed by atoms with Crippen LogP contribution in [0, 0.1) is 5.92 Å². The van der Waals surface area contributed by atoms with Gasteiger partial charge in [-0.25, -0.2) is 13.4 Å². The minimum Gasteiger partial charge on any atom is -0.346 e. The average Bonchev–Trinajstić information content (AvgIpc) is 3.01. The van der Waals surface area contributed by atoms with Gasteiger partial charge in [-0.15, -0.1) is 0 Å². The van der Waals surface area contributed by atoms with E-state index in [0.717, 1.165) is 38.1 Å². The highest BCUT2D eigenvalue weighted by Crippen LogP contribution is 2.32. The van der Waals surface area contributed by atoms with E-state index < -0.39 is 9.84 Å². The van der Waals surface area contributed by atoms with Crippen LogP contribution in [0.3, 0.4) is 0 Å². The van der Waals surface area contributed by atoms with E-state index in [1.54, 1.807) is 0 Å². The smallest absolute Gasteiger partial charge is 0.150 e. The van der Waals surface area contributed by atoms with Crippen LogP contribution in [0.15, 0.2) is 24.5 Å². The van der Waals surface area contributed by atoms with Crippen molar-refractivity contribution in [1.29, 1.82) is 0 Å². The molecule has 1 atom stereocenters. The molecule has 2 aliphatic heterocycles. The third-order valence-corrected chi connectivity index (χ3v) is 7.33. The third kappa shape index (κ3) is 3.35. The summed E-state index contributed by atoms with van der Waals surface area (Å²) in [6.45, 7) is 3.26. The summed E-state index contributed by atoms with van der Waals surface area (Å²) in [5.41, 5.74) is 2.36. The Labute approximate surface area is 143 Å². The number of pyridine rings is 1. The number of hydrogen-bond donors (Lipinski definition) is 1. The normalized spacial score (nSPS) is 25.9. The number of rotatable bonds is 3. The zero-order valence-electron chi connectivity index (χ0n) is 13.9. The minimum atomic E-state index is -2.76. The molecule has 0 aromatic carbocycles. The van der Waals surface area contributed by atoms with Crippen molar-refractivity contribution in [2.45, 2.75) is 31.6 Å². The summed E-state index contributed by atoms with van der Waals surface area (Å²) >= 11 is 0. The van der Waals surface area contributed by atoms with E-state index in [0.29, 0.717) is 23.3 Å². The first kappa shape index (κ1) is 16.1. The second-order valence-corrected chi connectivity index (χ2v) is 9.64. The van der Waals surface area contributed by atoms with Gasteiger partial charge in [0.05, 0.1) is 11.5 Å². The average molecular weight is 347 g/mol. The van der Waals surface area contributed by atoms with E-state index in [1.807, 2.05) is 12.3 Å². The Hall–Kier alpha value is -1.40. The van der Waals surface area contributed by atoms with Gasteiger partial charge in [0, 0.05) is 30.9 Å². The molecular weight excluding hydrogens is 322 g/mol. The fourth-order valence-corrected chi connectivity index (χ4v) is 5.87. The van der Waals surface area contributed by atoms with Crippen molar-refractivity contribution < 1.29 is 8.42 Å². The van der Waals surface area contributed by atoms with Gasteiger partial charge in [0.15, 0.2) is 0 Å². The molecule has 2 saturated heterocycles. The molecule has 0 aliphatic carbocycles. The van der Waals surface area contributed by atoms with Crippen molar-refractivity contribution in [2.75, 3.05) is 31.1 Å². The van der Waals surface area contributed by atoms with Gasteiger partial charge < -0.3 is 9.88 Å². The van der Waals surface area contributed by atoms with Gasteiger partial charge in [-0.05, 0) is 61.8 Å². The van der Waals surface area contributed by atoms with Crippen LogP contribution in [0.2, 0.25) is 0 Å². The number of hydrogen-bond acceptors (Lipinski definition) is 4. The summed E-state index contributed by atoms with van der Waals surface area (Å²) in [4.78, 5) is 10.2. The zero-order chi connectivity index (χ0) is 16.6. The van der Waals surface area contributed by atoms with Crippen LogP contribution in [0.5, 0.6) is 0 Å². The SMILES string of the molecule is O=S1(=O)CCC(CN2CCCC(c3c[nH]c4ncccc34)C2)CC1. The quantitative estimate of drug-likeness (QED) is 0.927. The maximum Gasteiger partial charge on any atom is 0.150 e. The summed E-state index contributed by atoms with van der Waals surface area (Å²) in [5, 5.41) is 1.24. The van der Waals surface area contributed by atoms with Crippen molar-refractivity contribution >= 4 is 20.9 Å². The molecular formula is C18H25N3O2S. The first-order valence-electron chi connectivity index (χ1n) is 8.95. The molecule has 5 nitrogen and oxygen atoms in total. The van der Waals surface area contributed by atoms with Gasteiger partial charge in [-0.1, -0.05) is 0 Å². The van der Waals surface area contributed by atoms with E-state index in [1.165, 1.54) is 23.8 Å². The lowest BCUT2D eigenvalue weighted by molar-refractivity contribution is 0.174. The minimum absolute atomic E-state index is 0.378. The van der Waals surface area contributed by atoms with E-state index in [4.69, 9.17) is 0 Å². The number of H-pyrrole nitrogens is 1. The van der Waals surface area contributed by atoms with E-state index in [-0.39, 0.29) is 0 Å². The summed E-state index contributed by atoms with van der Waals surface area (Å²) in [5.74, 6) is 1.84. The van der Waals surface area contributed by atoms with E-state index >= 15 is 0 Å². The fourth-order valence-electron chi connectivity index (χ4n) is 4.28. The lowest BCUT2D eigenvalue weighted by Crippen LogP contribution is -2.39. The maximum atomic E-state index is 11.6. The monoisotopic (exact) mass is 347 g/mol. The van der Waals surface area contributed by atoms with Crippen molar-refractivity contribution in [3.05, 3.63) is 30.1 Å². The van der Waals surface area contributed by atoms with Crippen molar-refractivity contribution in [2.24, 2.45) is 5.92 Å². The van der Waals surface area contributed by atoms with Crippen molar-refractivity contribution in [3.8, 4) is 0 Å². The highest BCUT2D eigenvalue weighted by molar-refractivity contribution is 7.91. The molecule has 0 radical (unpaired) electrons. The van der Waals surface area contributed by atoms with Gasteiger partial charge in [0.25, 0.3) is 0 Å². The fraction of sp³-hybridized carbons (Fsp3) is 0.611. The van der Waals surface area contributed by atoms with Crippen LogP contribution in [0.1, 0.15) is 37.2 Å². The first-order chi connectivity index (χ1) is 11.6. The lowest BCUT2D eigenvalue weighted by atomic mass is 9.89. The Kier molecular flexibility index (Phi) is 4.35. The van der Waals surface area contributed by atoms with Crippen LogP contribution < -0.4 is 0 Å². The third-order valence-electron chi connectivity index (χ3n) is 5.62. The van der Waals surface area contributed by atoms with Gasteiger partial charge in [-0.3, -0.25) is 0 Å². The highest BCUT2D eigenvalue weighted by Gasteiger charge is 2.28. The molecule has 0 amide bonds. The molecule has 4 heterocycles. The highest BCUT2D eigenvalue weighted by atomic mass is 32.2. The topological polar surface area (TPSA) is 66.1 Å². The molecule has 1 unspecified atom stereocenters. The van der Waals surface area contributed by atoms with Crippen LogP contribution in [0.25, 0.3) is 11.0 Å². The molecule has 24 heavy (non-hydrogen) atoms. The van der Waals surface area contributed by atoms with Crippen molar-refractivity contribution in [3.63, 3.8) is 0 Å². The van der Waals surface area contributed by atoms with Gasteiger partial charge in [0.1, 0.15) is 15.5 Å². The van der Waals surface area contributed by atoms with Gasteiger partial charge >= 0.3 is 0 Å². The summed E-state index contributed by atoms with van der Waals surface area (Å²) in [6, 6.07) is 4.15. The second kappa shape index (κ2) is 6.48. The number of nitrogens with one attached hydrogen (secondary N) is 1. The molecule has 4 rings (SSSR count). The summed E-state index contributed by atoms with van der Waals surface area (Å²) < 4.78 is 23.2. The zero-order valence-corrected chi connectivity index (χ0v) is 14.8. The molecule has 6 heteroatoms. The molecule has 1 N–H and O–H groups in total. The predicted octanol–water partition coefficient (Wildman–Crippen LogP) is 2.57. The van der Waals surface area contributed by atoms with E-state index in [2.05, 4.69) is 27.1 Å². The molecule has 2 aliphatic rings. The molecule has 0 spiro atoms. The number of likely N-dealkylation sites (tertiary alicyclic amines) is 1. The number of nitrogens with zero attached hydrogens (tertiary/aromatic N) is 2. The van der Waals surface area contributed by atoms with Crippen LogP contribution in [-0.4, -0.2) is 54.4 Å². The Morgan fingerprint density at radius 2 is 2.08 bits per heavy atom. The molecule has 2 fully saturated rings. The number of fused-ring (bicyclic) bond motifs is 1. The Morgan fingerprint density at radius 1 is 1.25 bits per heavy atom. The molecule has 2 aromatic heterocycles. The van der Waals surface area contributed by atoms with Crippen LogP contribution in [0.4, 0.5) is 0 Å². The summed E-state index contributed by atoms with van der Waals surface area (Å²) in [7, 11) is -2.76. The predicted molar refractivity (Wildman–Crippen MR) is 95.9 cm³/mol. The number of aromatic nitrogens is 2. The largest absolute Gasteiger partial charge is 0.346 e. The lowest BCUT2D eigenvalue weighted by Gasteiger charge is -2.36. The first-order valence-corrected chi connectivity index (χ1v) is 10.8. The number of piperidine rings is 1. The number of sulfone groups is 1. The number of aromatic amines is 1.